The first kappa shape index (κ1) is 15.4. The molecule has 1 atom stereocenters. The molecule has 5 nitrogen and oxygen atoms in total. The largest absolute Gasteiger partial charge is 0.450 e. The Balaban J connectivity index is 2.39. The molecule has 2 rings (SSSR count). The summed E-state index contributed by atoms with van der Waals surface area (Å²) in [5.74, 6) is -0.180. The molecule has 0 heterocycles. The summed E-state index contributed by atoms with van der Waals surface area (Å²) in [5, 5.41) is 20.5. The lowest BCUT2D eigenvalue weighted by Gasteiger charge is -2.09. The van der Waals surface area contributed by atoms with Gasteiger partial charge in [0, 0.05) is 6.07 Å². The molecule has 2 aromatic rings. The average molecular weight is 356 g/mol. The molecule has 0 aromatic heterocycles. The van der Waals surface area contributed by atoms with Crippen molar-refractivity contribution in [2.24, 2.45) is 0 Å². The Bertz CT molecular complexity index is 691. The minimum Gasteiger partial charge on any atom is -0.450 e. The number of halogens is 2. The van der Waals surface area contributed by atoms with Crippen LogP contribution in [0.25, 0.3) is 0 Å². The third kappa shape index (κ3) is 3.56. The molecular formula is C14H11BrFNO4. The van der Waals surface area contributed by atoms with Gasteiger partial charge in [0.15, 0.2) is 0 Å². The van der Waals surface area contributed by atoms with E-state index in [2.05, 4.69) is 15.9 Å². The Morgan fingerprint density at radius 2 is 2.05 bits per heavy atom. The van der Waals surface area contributed by atoms with Gasteiger partial charge < -0.3 is 9.84 Å². The van der Waals surface area contributed by atoms with Gasteiger partial charge in [0.2, 0.25) is 5.75 Å². The van der Waals surface area contributed by atoms with Crippen LogP contribution in [-0.4, -0.2) is 10.0 Å². The van der Waals surface area contributed by atoms with Gasteiger partial charge in [-0.25, -0.2) is 4.39 Å². The molecule has 7 heteroatoms. The predicted molar refractivity (Wildman–Crippen MR) is 77.9 cm³/mol. The Morgan fingerprint density at radius 3 is 2.62 bits per heavy atom. The van der Waals surface area contributed by atoms with Crippen LogP contribution in [0, 0.1) is 15.9 Å². The Morgan fingerprint density at radius 1 is 1.33 bits per heavy atom. The molecule has 0 amide bonds. The smallest absolute Gasteiger partial charge is 0.311 e. The molecule has 0 saturated carbocycles. The van der Waals surface area contributed by atoms with Crippen LogP contribution < -0.4 is 4.74 Å². The number of nitrogens with zero attached hydrogens (tertiary/aromatic N) is 1. The molecular weight excluding hydrogens is 345 g/mol. The van der Waals surface area contributed by atoms with Gasteiger partial charge in [0.25, 0.3) is 0 Å². The van der Waals surface area contributed by atoms with E-state index in [9.17, 15) is 19.6 Å². The zero-order valence-electron chi connectivity index (χ0n) is 10.9. The van der Waals surface area contributed by atoms with E-state index in [0.29, 0.717) is 5.56 Å². The summed E-state index contributed by atoms with van der Waals surface area (Å²) in [4.78, 5) is 10.5. The van der Waals surface area contributed by atoms with Crippen molar-refractivity contribution in [2.45, 2.75) is 13.0 Å². The number of aliphatic hydroxyl groups excluding tert-OH is 1. The zero-order chi connectivity index (χ0) is 15.6. The van der Waals surface area contributed by atoms with E-state index in [1.54, 1.807) is 0 Å². The number of hydrogen-bond donors (Lipinski definition) is 1. The molecule has 0 fully saturated rings. The lowest BCUT2D eigenvalue weighted by molar-refractivity contribution is -0.385. The highest BCUT2D eigenvalue weighted by atomic mass is 79.9. The van der Waals surface area contributed by atoms with Crippen LogP contribution in [0.1, 0.15) is 18.6 Å². The highest BCUT2D eigenvalue weighted by Crippen LogP contribution is 2.34. The molecule has 0 saturated heterocycles. The first-order valence-electron chi connectivity index (χ1n) is 5.98. The third-order valence-electron chi connectivity index (χ3n) is 2.78. The molecule has 0 aliphatic rings. The van der Waals surface area contributed by atoms with Crippen LogP contribution in [0.15, 0.2) is 40.9 Å². The summed E-state index contributed by atoms with van der Waals surface area (Å²) >= 11 is 3.02. The summed E-state index contributed by atoms with van der Waals surface area (Å²) in [7, 11) is 0. The number of nitro groups is 1. The maximum absolute atomic E-state index is 13.1. The Labute approximate surface area is 128 Å². The second-order valence-electron chi connectivity index (χ2n) is 4.34. The maximum atomic E-state index is 13.1. The molecule has 0 bridgehead atoms. The lowest BCUT2D eigenvalue weighted by atomic mass is 10.1. The van der Waals surface area contributed by atoms with Crippen LogP contribution in [0.3, 0.4) is 0 Å². The van der Waals surface area contributed by atoms with Gasteiger partial charge in [0.1, 0.15) is 11.6 Å². The van der Waals surface area contributed by atoms with E-state index in [1.165, 1.54) is 43.3 Å². The summed E-state index contributed by atoms with van der Waals surface area (Å²) < 4.78 is 18.8. The second-order valence-corrected chi connectivity index (χ2v) is 5.19. The van der Waals surface area contributed by atoms with Crippen molar-refractivity contribution >= 4 is 21.6 Å². The summed E-state index contributed by atoms with van der Waals surface area (Å²) in [6, 6.07) is 8.12. The Hall–Kier alpha value is -1.99. The van der Waals surface area contributed by atoms with Crippen molar-refractivity contribution in [1.82, 2.24) is 0 Å². The Kier molecular flexibility index (Phi) is 4.54. The average Bonchev–Trinajstić information content (AvgIpc) is 2.43. The van der Waals surface area contributed by atoms with Gasteiger partial charge in [-0.1, -0.05) is 6.07 Å². The quantitative estimate of drug-likeness (QED) is 0.653. The highest BCUT2D eigenvalue weighted by molar-refractivity contribution is 9.10. The number of hydrogen-bond acceptors (Lipinski definition) is 4. The van der Waals surface area contributed by atoms with Gasteiger partial charge in [-0.2, -0.15) is 0 Å². The van der Waals surface area contributed by atoms with Crippen molar-refractivity contribution in [2.75, 3.05) is 0 Å². The van der Waals surface area contributed by atoms with E-state index < -0.39 is 16.8 Å². The van der Waals surface area contributed by atoms with Crippen LogP contribution in [-0.2, 0) is 0 Å². The molecule has 0 aliphatic carbocycles. The normalized spacial score (nSPS) is 12.0. The van der Waals surface area contributed by atoms with Crippen LogP contribution in [0.2, 0.25) is 0 Å². The number of rotatable bonds is 4. The number of ether oxygens (including phenoxy) is 1. The van der Waals surface area contributed by atoms with Gasteiger partial charge in [-0.15, -0.1) is 0 Å². The van der Waals surface area contributed by atoms with Crippen molar-refractivity contribution in [3.63, 3.8) is 0 Å². The third-order valence-corrected chi connectivity index (χ3v) is 3.39. The summed E-state index contributed by atoms with van der Waals surface area (Å²) in [6.45, 7) is 1.51. The molecule has 0 spiro atoms. The van der Waals surface area contributed by atoms with Gasteiger partial charge >= 0.3 is 5.69 Å². The van der Waals surface area contributed by atoms with E-state index in [-0.39, 0.29) is 21.7 Å². The minimum atomic E-state index is -0.822. The molecule has 21 heavy (non-hydrogen) atoms. The van der Waals surface area contributed by atoms with Gasteiger partial charge in [-0.05, 0) is 52.7 Å². The summed E-state index contributed by atoms with van der Waals surface area (Å²) in [5.41, 5.74) is 0.142. The van der Waals surface area contributed by atoms with E-state index >= 15 is 0 Å². The highest BCUT2D eigenvalue weighted by Gasteiger charge is 2.18. The molecule has 0 radical (unpaired) electrons. The first-order chi connectivity index (χ1) is 9.88. The van der Waals surface area contributed by atoms with Crippen LogP contribution in [0.4, 0.5) is 10.1 Å². The topological polar surface area (TPSA) is 72.6 Å². The van der Waals surface area contributed by atoms with E-state index in [0.717, 1.165) is 0 Å². The molecule has 2 aromatic carbocycles. The van der Waals surface area contributed by atoms with E-state index in [1.807, 2.05) is 0 Å². The number of aliphatic hydroxyl groups is 1. The van der Waals surface area contributed by atoms with Gasteiger partial charge in [-0.3, -0.25) is 10.1 Å². The predicted octanol–water partition coefficient (Wildman–Crippen LogP) is 4.34. The fourth-order valence-electron chi connectivity index (χ4n) is 1.69. The molecule has 0 unspecified atom stereocenters. The molecule has 1 N–H and O–H groups in total. The monoisotopic (exact) mass is 355 g/mol. The minimum absolute atomic E-state index is 0.0166. The first-order valence-corrected chi connectivity index (χ1v) is 6.77. The number of nitro benzene ring substituents is 1. The molecule has 0 aliphatic heterocycles. The standard InChI is InChI=1S/C14H11BrFNO4/c1-8(18)9-2-5-14(13(6-9)17(19)20)21-10-3-4-12(16)11(15)7-10/h2-8,18H,1H3/t8-/m0/s1. The molecule has 110 valence electrons. The van der Waals surface area contributed by atoms with E-state index in [4.69, 9.17) is 4.74 Å². The van der Waals surface area contributed by atoms with Crippen molar-refractivity contribution < 1.29 is 19.2 Å². The van der Waals surface area contributed by atoms with Gasteiger partial charge in [0.05, 0.1) is 15.5 Å². The SMILES string of the molecule is C[C@H](O)c1ccc(Oc2ccc(F)c(Br)c2)c([N+](=O)[O-])c1. The maximum Gasteiger partial charge on any atom is 0.311 e. The van der Waals surface area contributed by atoms with Crippen LogP contribution in [0.5, 0.6) is 11.5 Å². The van der Waals surface area contributed by atoms with Crippen molar-refractivity contribution in [3.8, 4) is 11.5 Å². The lowest BCUT2D eigenvalue weighted by Crippen LogP contribution is -1.97. The number of benzene rings is 2. The fourth-order valence-corrected chi connectivity index (χ4v) is 2.05. The summed E-state index contributed by atoms with van der Waals surface area (Å²) in [6.07, 6.45) is -0.822. The van der Waals surface area contributed by atoms with Crippen molar-refractivity contribution in [1.29, 1.82) is 0 Å². The second kappa shape index (κ2) is 6.19. The zero-order valence-corrected chi connectivity index (χ0v) is 12.5. The van der Waals surface area contributed by atoms with Crippen LogP contribution >= 0.6 is 15.9 Å². The fraction of sp³-hybridized carbons (Fsp3) is 0.143. The van der Waals surface area contributed by atoms with Crippen molar-refractivity contribution in [3.05, 3.63) is 62.4 Å².